The fraction of sp³-hybridized carbons (Fsp3) is 0.750. The summed E-state index contributed by atoms with van der Waals surface area (Å²) in [4.78, 5) is 15.9. The second-order valence-corrected chi connectivity index (χ2v) is 7.26. The van der Waals surface area contributed by atoms with Gasteiger partial charge in [-0.2, -0.15) is 13.2 Å². The van der Waals surface area contributed by atoms with E-state index in [1.54, 1.807) is 0 Å². The average molecular weight is 400 g/mol. The van der Waals surface area contributed by atoms with Gasteiger partial charge in [-0.25, -0.2) is 4.98 Å². The molecule has 0 radical (unpaired) electrons. The summed E-state index contributed by atoms with van der Waals surface area (Å²) in [6, 6.07) is -0.459. The molecule has 2 N–H and O–H groups in total. The van der Waals surface area contributed by atoms with Crippen LogP contribution in [-0.2, 0) is 11.0 Å². The molecule has 1 aromatic rings. The Kier molecular flexibility index (Phi) is 8.63. The monoisotopic (exact) mass is 399 g/mol. The molecule has 2 unspecified atom stereocenters. The van der Waals surface area contributed by atoms with Crippen LogP contribution in [0.25, 0.3) is 0 Å². The molecule has 0 bridgehead atoms. The molecule has 2 rings (SSSR count). The van der Waals surface area contributed by atoms with Crippen LogP contribution in [0.1, 0.15) is 56.3 Å². The lowest BCUT2D eigenvalue weighted by molar-refractivity contribution is -0.140. The molecule has 0 aliphatic carbocycles. The predicted molar refractivity (Wildman–Crippen MR) is 94.9 cm³/mol. The Morgan fingerprint density at radius 1 is 1.44 bits per heavy atom. The van der Waals surface area contributed by atoms with Crippen LogP contribution in [0.15, 0.2) is 5.38 Å². The Hall–Kier alpha value is -0.860. The summed E-state index contributed by atoms with van der Waals surface area (Å²) < 4.78 is 38.0. The maximum absolute atomic E-state index is 12.7. The molecule has 0 spiro atoms. The highest BCUT2D eigenvalue weighted by Gasteiger charge is 2.34. The predicted octanol–water partition coefficient (Wildman–Crippen LogP) is 4.18. The lowest BCUT2D eigenvalue weighted by atomic mass is 9.84. The van der Waals surface area contributed by atoms with Crippen molar-refractivity contribution in [3.05, 3.63) is 16.1 Å². The second-order valence-electron chi connectivity index (χ2n) is 6.37. The second kappa shape index (κ2) is 9.73. The van der Waals surface area contributed by atoms with Gasteiger partial charge in [0.15, 0.2) is 5.69 Å². The number of amides is 1. The van der Waals surface area contributed by atoms with E-state index in [0.29, 0.717) is 23.8 Å². The number of alkyl halides is 3. The smallest absolute Gasteiger partial charge is 0.347 e. The van der Waals surface area contributed by atoms with E-state index in [1.165, 1.54) is 0 Å². The Bertz CT molecular complexity index is 547. The number of nitrogens with one attached hydrogen (secondary N) is 2. The molecule has 1 aromatic heterocycles. The van der Waals surface area contributed by atoms with Gasteiger partial charge in [-0.15, -0.1) is 23.7 Å². The molecular weight excluding hydrogens is 375 g/mol. The van der Waals surface area contributed by atoms with E-state index in [0.717, 1.165) is 42.6 Å². The van der Waals surface area contributed by atoms with Gasteiger partial charge in [0.2, 0.25) is 5.91 Å². The van der Waals surface area contributed by atoms with Crippen molar-refractivity contribution in [3.63, 3.8) is 0 Å². The third-order valence-corrected chi connectivity index (χ3v) is 5.51. The molecule has 2 atom stereocenters. The summed E-state index contributed by atoms with van der Waals surface area (Å²) in [5.41, 5.74) is -0.890. The zero-order valence-corrected chi connectivity index (χ0v) is 16.0. The Morgan fingerprint density at radius 3 is 2.60 bits per heavy atom. The van der Waals surface area contributed by atoms with Gasteiger partial charge in [-0.1, -0.05) is 13.8 Å². The molecule has 1 aliphatic heterocycles. The number of thiazole rings is 1. The van der Waals surface area contributed by atoms with Crippen molar-refractivity contribution in [2.45, 2.75) is 51.7 Å². The highest BCUT2D eigenvalue weighted by molar-refractivity contribution is 7.09. The van der Waals surface area contributed by atoms with Crippen LogP contribution in [0.2, 0.25) is 0 Å². The summed E-state index contributed by atoms with van der Waals surface area (Å²) in [6.45, 7) is 5.86. The number of hydrogen-bond donors (Lipinski definition) is 2. The number of halogens is 4. The molecule has 1 saturated heterocycles. The van der Waals surface area contributed by atoms with E-state index in [4.69, 9.17) is 0 Å². The van der Waals surface area contributed by atoms with Crippen molar-refractivity contribution in [1.82, 2.24) is 15.6 Å². The standard InChI is InChI=1S/C16H24F3N3OS.ClH/c1-3-12(15-22-13(9-24-15)16(17,18)19)21-14(23)8-10(2)11-4-6-20-7-5-11;/h9-12,20H,3-8H2,1-2H3,(H,21,23);1H. The molecule has 1 aliphatic rings. The van der Waals surface area contributed by atoms with Crippen LogP contribution in [0.5, 0.6) is 0 Å². The quantitative estimate of drug-likeness (QED) is 0.754. The van der Waals surface area contributed by atoms with Gasteiger partial charge < -0.3 is 10.6 Å². The topological polar surface area (TPSA) is 54.0 Å². The average Bonchev–Trinajstić information content (AvgIpc) is 3.03. The van der Waals surface area contributed by atoms with Crippen LogP contribution < -0.4 is 10.6 Å². The molecule has 0 aromatic carbocycles. The summed E-state index contributed by atoms with van der Waals surface area (Å²) in [5.74, 6) is 0.678. The third-order valence-electron chi connectivity index (χ3n) is 4.55. The van der Waals surface area contributed by atoms with Gasteiger partial charge >= 0.3 is 6.18 Å². The molecule has 1 amide bonds. The third kappa shape index (κ3) is 6.42. The molecule has 2 heterocycles. The van der Waals surface area contributed by atoms with E-state index >= 15 is 0 Å². The summed E-state index contributed by atoms with van der Waals surface area (Å²) in [5, 5.41) is 7.46. The number of aromatic nitrogens is 1. The summed E-state index contributed by atoms with van der Waals surface area (Å²) in [7, 11) is 0. The summed E-state index contributed by atoms with van der Waals surface area (Å²) in [6.07, 6.45) is -1.41. The fourth-order valence-corrected chi connectivity index (χ4v) is 4.00. The zero-order chi connectivity index (χ0) is 17.7. The Morgan fingerprint density at radius 2 is 2.08 bits per heavy atom. The van der Waals surface area contributed by atoms with Crippen LogP contribution in [0.3, 0.4) is 0 Å². The number of hydrogen-bond acceptors (Lipinski definition) is 4. The van der Waals surface area contributed by atoms with Crippen LogP contribution in [0, 0.1) is 11.8 Å². The molecule has 1 fully saturated rings. The van der Waals surface area contributed by atoms with E-state index in [1.807, 2.05) is 6.92 Å². The number of carbonyl (C=O) groups excluding carboxylic acids is 1. The number of carbonyl (C=O) groups is 1. The minimum Gasteiger partial charge on any atom is -0.347 e. The Labute approximate surface area is 156 Å². The molecule has 9 heteroatoms. The van der Waals surface area contributed by atoms with E-state index in [-0.39, 0.29) is 24.2 Å². The molecule has 144 valence electrons. The van der Waals surface area contributed by atoms with Crippen LogP contribution in [0.4, 0.5) is 13.2 Å². The van der Waals surface area contributed by atoms with Gasteiger partial charge in [-0.05, 0) is 44.2 Å². The SMILES string of the molecule is CCC(NC(=O)CC(C)C1CCNCC1)c1nc(C(F)(F)F)cs1.Cl. The van der Waals surface area contributed by atoms with Gasteiger partial charge in [-0.3, -0.25) is 4.79 Å². The molecular formula is C16H25ClF3N3OS. The number of nitrogens with zero attached hydrogens (tertiary/aromatic N) is 1. The van der Waals surface area contributed by atoms with Crippen molar-refractivity contribution in [2.75, 3.05) is 13.1 Å². The highest BCUT2D eigenvalue weighted by Crippen LogP contribution is 2.32. The van der Waals surface area contributed by atoms with Crippen molar-refractivity contribution in [1.29, 1.82) is 0 Å². The minimum atomic E-state index is -4.44. The number of piperidine rings is 1. The van der Waals surface area contributed by atoms with Gasteiger partial charge in [0.05, 0.1) is 6.04 Å². The lowest BCUT2D eigenvalue weighted by Gasteiger charge is -2.28. The molecule has 0 saturated carbocycles. The van der Waals surface area contributed by atoms with Crippen molar-refractivity contribution >= 4 is 29.7 Å². The van der Waals surface area contributed by atoms with E-state index < -0.39 is 17.9 Å². The van der Waals surface area contributed by atoms with Gasteiger partial charge in [0, 0.05) is 11.8 Å². The highest BCUT2D eigenvalue weighted by atomic mass is 35.5. The first-order valence-corrected chi connectivity index (χ1v) is 9.22. The maximum Gasteiger partial charge on any atom is 0.434 e. The summed E-state index contributed by atoms with van der Waals surface area (Å²) >= 11 is 0.944. The Balaban J connectivity index is 0.00000312. The first-order valence-electron chi connectivity index (χ1n) is 8.34. The normalized spacial score (nSPS) is 18.3. The van der Waals surface area contributed by atoms with Gasteiger partial charge in [0.1, 0.15) is 5.01 Å². The molecule has 4 nitrogen and oxygen atoms in total. The zero-order valence-electron chi connectivity index (χ0n) is 14.4. The van der Waals surface area contributed by atoms with Gasteiger partial charge in [0.25, 0.3) is 0 Å². The first kappa shape index (κ1) is 22.2. The van der Waals surface area contributed by atoms with Crippen molar-refractivity contribution in [2.24, 2.45) is 11.8 Å². The van der Waals surface area contributed by atoms with Crippen molar-refractivity contribution < 1.29 is 18.0 Å². The lowest BCUT2D eigenvalue weighted by Crippen LogP contribution is -2.34. The number of rotatable bonds is 6. The van der Waals surface area contributed by atoms with Crippen LogP contribution in [-0.4, -0.2) is 24.0 Å². The molecule has 25 heavy (non-hydrogen) atoms. The first-order chi connectivity index (χ1) is 11.3. The fourth-order valence-electron chi connectivity index (χ4n) is 3.04. The van der Waals surface area contributed by atoms with Crippen LogP contribution >= 0.6 is 23.7 Å². The minimum absolute atomic E-state index is 0. The maximum atomic E-state index is 12.7. The largest absolute Gasteiger partial charge is 0.434 e. The van der Waals surface area contributed by atoms with E-state index in [9.17, 15) is 18.0 Å². The van der Waals surface area contributed by atoms with Crippen molar-refractivity contribution in [3.8, 4) is 0 Å². The van der Waals surface area contributed by atoms with E-state index in [2.05, 4.69) is 22.5 Å².